The van der Waals surface area contributed by atoms with E-state index >= 15 is 0 Å². The highest BCUT2D eigenvalue weighted by Crippen LogP contribution is 2.09. The second-order valence-electron chi connectivity index (χ2n) is 3.97. The van der Waals surface area contributed by atoms with Gasteiger partial charge in [0.15, 0.2) is 0 Å². The van der Waals surface area contributed by atoms with Gasteiger partial charge in [-0.15, -0.1) is 11.3 Å². The third-order valence-electron chi connectivity index (χ3n) is 2.28. The van der Waals surface area contributed by atoms with Gasteiger partial charge in [0, 0.05) is 24.0 Å². The van der Waals surface area contributed by atoms with Crippen molar-refractivity contribution in [1.82, 2.24) is 9.88 Å². The second-order valence-corrected chi connectivity index (χ2v) is 5.04. The maximum absolute atomic E-state index is 11.9. The lowest BCUT2D eigenvalue weighted by molar-refractivity contribution is -0.128. The Balaban J connectivity index is 2.66. The number of carbonyl (C=O) groups is 1. The Morgan fingerprint density at radius 3 is 2.82 bits per heavy atom. The average molecular weight is 254 g/mol. The number of aryl methyl sites for hydroxylation is 1. The van der Waals surface area contributed by atoms with Gasteiger partial charge in [0.2, 0.25) is 5.91 Å². The number of rotatable bonds is 5. The van der Waals surface area contributed by atoms with Crippen LogP contribution in [0.1, 0.15) is 24.5 Å². The summed E-state index contributed by atoms with van der Waals surface area (Å²) in [6, 6.07) is 0.0801. The topological polar surface area (TPSA) is 53.4 Å². The summed E-state index contributed by atoms with van der Waals surface area (Å²) in [4.78, 5) is 17.7. The minimum atomic E-state index is -0.0975. The van der Waals surface area contributed by atoms with E-state index in [0.29, 0.717) is 6.54 Å². The van der Waals surface area contributed by atoms with Crippen LogP contribution >= 0.6 is 11.3 Å². The molecular formula is C12H18N2O2S. The molecule has 17 heavy (non-hydrogen) atoms. The lowest BCUT2D eigenvalue weighted by atomic mass is 10.3. The van der Waals surface area contributed by atoms with E-state index in [-0.39, 0.29) is 18.6 Å². The summed E-state index contributed by atoms with van der Waals surface area (Å²) in [5.41, 5.74) is 0.800. The molecule has 1 aromatic heterocycles. The van der Waals surface area contributed by atoms with E-state index in [9.17, 15) is 4.79 Å². The monoisotopic (exact) mass is 254 g/mol. The summed E-state index contributed by atoms with van der Waals surface area (Å²) in [6.07, 6.45) is 3.21. The Morgan fingerprint density at radius 2 is 2.35 bits per heavy atom. The van der Waals surface area contributed by atoms with Crippen LogP contribution in [0.2, 0.25) is 0 Å². The number of hydrogen-bond donors (Lipinski definition) is 1. The number of aliphatic hydroxyl groups is 1. The van der Waals surface area contributed by atoms with Gasteiger partial charge in [-0.2, -0.15) is 0 Å². The summed E-state index contributed by atoms with van der Waals surface area (Å²) < 4.78 is 0. The first-order chi connectivity index (χ1) is 8.04. The molecule has 1 amide bonds. The Kier molecular flexibility index (Phi) is 5.31. The minimum Gasteiger partial charge on any atom is -0.395 e. The molecule has 0 spiro atoms. The summed E-state index contributed by atoms with van der Waals surface area (Å²) in [7, 11) is 0. The van der Waals surface area contributed by atoms with Crippen LogP contribution in [-0.4, -0.2) is 40.1 Å². The zero-order valence-corrected chi connectivity index (χ0v) is 11.2. The molecule has 5 heteroatoms. The van der Waals surface area contributed by atoms with Crippen molar-refractivity contribution >= 4 is 23.3 Å². The van der Waals surface area contributed by atoms with Gasteiger partial charge in [-0.25, -0.2) is 4.98 Å². The molecular weight excluding hydrogens is 236 g/mol. The maximum atomic E-state index is 11.9. The van der Waals surface area contributed by atoms with E-state index in [4.69, 9.17) is 5.11 Å². The van der Waals surface area contributed by atoms with Crippen molar-refractivity contribution in [3.63, 3.8) is 0 Å². The molecule has 0 saturated heterocycles. The fourth-order valence-electron chi connectivity index (χ4n) is 1.44. The molecule has 0 saturated carbocycles. The van der Waals surface area contributed by atoms with Gasteiger partial charge < -0.3 is 10.0 Å². The van der Waals surface area contributed by atoms with Crippen LogP contribution in [0, 0.1) is 6.92 Å². The van der Waals surface area contributed by atoms with E-state index in [2.05, 4.69) is 4.98 Å². The molecule has 0 aliphatic heterocycles. The highest BCUT2D eigenvalue weighted by atomic mass is 32.1. The number of hydrogen-bond acceptors (Lipinski definition) is 4. The van der Waals surface area contributed by atoms with Crippen LogP contribution < -0.4 is 0 Å². The molecule has 0 bridgehead atoms. The zero-order chi connectivity index (χ0) is 12.8. The maximum Gasteiger partial charge on any atom is 0.246 e. The second kappa shape index (κ2) is 6.51. The highest BCUT2D eigenvalue weighted by molar-refractivity contribution is 7.09. The predicted octanol–water partition coefficient (Wildman–Crippen LogP) is 1.69. The third-order valence-corrected chi connectivity index (χ3v) is 3.07. The molecule has 0 aliphatic rings. The van der Waals surface area contributed by atoms with Crippen molar-refractivity contribution in [3.05, 3.63) is 22.2 Å². The molecule has 1 N–H and O–H groups in total. The molecule has 0 unspecified atom stereocenters. The van der Waals surface area contributed by atoms with Gasteiger partial charge in [0.1, 0.15) is 0 Å². The molecule has 1 rings (SSSR count). The van der Waals surface area contributed by atoms with Crippen LogP contribution in [0.15, 0.2) is 11.5 Å². The van der Waals surface area contributed by atoms with Crippen LogP contribution in [0.3, 0.4) is 0 Å². The van der Waals surface area contributed by atoms with Gasteiger partial charge in [-0.05, 0) is 26.8 Å². The Labute approximate surface area is 106 Å². The van der Waals surface area contributed by atoms with Gasteiger partial charge in [-0.3, -0.25) is 4.79 Å². The quantitative estimate of drug-likeness (QED) is 0.814. The minimum absolute atomic E-state index is 0.0203. The highest BCUT2D eigenvalue weighted by Gasteiger charge is 2.13. The van der Waals surface area contributed by atoms with Crippen molar-refractivity contribution in [3.8, 4) is 0 Å². The summed E-state index contributed by atoms with van der Waals surface area (Å²) in [5, 5.41) is 11.8. The summed E-state index contributed by atoms with van der Waals surface area (Å²) >= 11 is 1.55. The molecule has 1 aromatic rings. The molecule has 1 heterocycles. The zero-order valence-electron chi connectivity index (χ0n) is 10.4. The molecule has 94 valence electrons. The van der Waals surface area contributed by atoms with Gasteiger partial charge >= 0.3 is 0 Å². The van der Waals surface area contributed by atoms with Gasteiger partial charge in [0.05, 0.1) is 17.3 Å². The number of nitrogens with zero attached hydrogens (tertiary/aromatic N) is 2. The van der Waals surface area contributed by atoms with Crippen LogP contribution in [0.4, 0.5) is 0 Å². The smallest absolute Gasteiger partial charge is 0.246 e. The number of aliphatic hydroxyl groups excluding tert-OH is 1. The van der Waals surface area contributed by atoms with Crippen molar-refractivity contribution in [2.24, 2.45) is 0 Å². The number of carbonyl (C=O) groups excluding carboxylic acids is 1. The van der Waals surface area contributed by atoms with E-state index < -0.39 is 0 Å². The van der Waals surface area contributed by atoms with Crippen LogP contribution in [-0.2, 0) is 4.79 Å². The van der Waals surface area contributed by atoms with E-state index in [1.165, 1.54) is 6.08 Å². The van der Waals surface area contributed by atoms with E-state index in [1.54, 1.807) is 22.3 Å². The lowest BCUT2D eigenvalue weighted by Gasteiger charge is -2.24. The Morgan fingerprint density at radius 1 is 1.65 bits per heavy atom. The standard InChI is InChI=1S/C12H18N2O2S/c1-9(2)14(6-7-15)12(16)5-4-11-8-17-10(3)13-11/h4-5,8-9,15H,6-7H2,1-3H3/b5-4+. The molecule has 0 fully saturated rings. The van der Waals surface area contributed by atoms with E-state index in [1.807, 2.05) is 26.2 Å². The van der Waals surface area contributed by atoms with Crippen LogP contribution in [0.25, 0.3) is 6.08 Å². The van der Waals surface area contributed by atoms with Gasteiger partial charge in [-0.1, -0.05) is 0 Å². The van der Waals surface area contributed by atoms with Crippen molar-refractivity contribution < 1.29 is 9.90 Å². The van der Waals surface area contributed by atoms with E-state index in [0.717, 1.165) is 10.7 Å². The Hall–Kier alpha value is -1.20. The molecule has 4 nitrogen and oxygen atoms in total. The summed E-state index contributed by atoms with van der Waals surface area (Å²) in [5.74, 6) is -0.0975. The largest absolute Gasteiger partial charge is 0.395 e. The van der Waals surface area contributed by atoms with Crippen molar-refractivity contribution in [2.75, 3.05) is 13.2 Å². The molecule has 0 aliphatic carbocycles. The first-order valence-electron chi connectivity index (χ1n) is 5.56. The van der Waals surface area contributed by atoms with Gasteiger partial charge in [0.25, 0.3) is 0 Å². The molecule has 0 radical (unpaired) electrons. The fourth-order valence-corrected chi connectivity index (χ4v) is 2.02. The molecule has 0 atom stereocenters. The lowest BCUT2D eigenvalue weighted by Crippen LogP contribution is -2.37. The first-order valence-corrected chi connectivity index (χ1v) is 6.44. The normalized spacial score (nSPS) is 11.4. The number of aromatic nitrogens is 1. The fraction of sp³-hybridized carbons (Fsp3) is 0.500. The van der Waals surface area contributed by atoms with Crippen molar-refractivity contribution in [1.29, 1.82) is 0 Å². The number of amides is 1. The predicted molar refractivity (Wildman–Crippen MR) is 69.8 cm³/mol. The van der Waals surface area contributed by atoms with Crippen molar-refractivity contribution in [2.45, 2.75) is 26.8 Å². The third kappa shape index (κ3) is 4.28. The first kappa shape index (κ1) is 13.9. The summed E-state index contributed by atoms with van der Waals surface area (Å²) in [6.45, 7) is 6.11. The SMILES string of the molecule is Cc1nc(/C=C/C(=O)N(CCO)C(C)C)cs1. The Bertz CT molecular complexity index is 399. The number of thiazole rings is 1. The molecule has 0 aromatic carbocycles. The van der Waals surface area contributed by atoms with Crippen LogP contribution in [0.5, 0.6) is 0 Å². The average Bonchev–Trinajstić information content (AvgIpc) is 2.68.